The molecule has 5 nitrogen and oxygen atoms in total. The van der Waals surface area contributed by atoms with Crippen LogP contribution in [0.25, 0.3) is 0 Å². The normalized spacial score (nSPS) is 20.8. The highest BCUT2D eigenvalue weighted by Crippen LogP contribution is 2.29. The molecule has 0 radical (unpaired) electrons. The molecule has 2 amide bonds. The monoisotopic (exact) mass is 254 g/mol. The third-order valence-electron chi connectivity index (χ3n) is 3.66. The molecule has 1 aliphatic heterocycles. The van der Waals surface area contributed by atoms with Gasteiger partial charge in [0.25, 0.3) is 0 Å². The molecular formula is C13H22N2O3. The van der Waals surface area contributed by atoms with Gasteiger partial charge in [0, 0.05) is 32.2 Å². The summed E-state index contributed by atoms with van der Waals surface area (Å²) < 4.78 is 4.91. The zero-order chi connectivity index (χ0) is 13.0. The number of nitrogens with zero attached hydrogens (tertiary/aromatic N) is 1. The summed E-state index contributed by atoms with van der Waals surface area (Å²) in [5, 5.41) is 3.08. The van der Waals surface area contributed by atoms with Crippen LogP contribution in [0, 0.1) is 5.92 Å². The Bertz CT molecular complexity index is 307. The molecule has 0 bridgehead atoms. The van der Waals surface area contributed by atoms with Crippen molar-refractivity contribution in [2.45, 2.75) is 38.1 Å². The Balaban J connectivity index is 1.67. The smallest absolute Gasteiger partial charge is 0.224 e. The number of methoxy groups -OCH3 is 1. The summed E-state index contributed by atoms with van der Waals surface area (Å²) in [6.07, 6.45) is 4.28. The van der Waals surface area contributed by atoms with Gasteiger partial charge in [-0.1, -0.05) is 0 Å². The van der Waals surface area contributed by atoms with E-state index < -0.39 is 0 Å². The molecular weight excluding hydrogens is 232 g/mol. The second-order valence-corrected chi connectivity index (χ2v) is 5.18. The fourth-order valence-electron chi connectivity index (χ4n) is 2.29. The lowest BCUT2D eigenvalue weighted by atomic mass is 10.0. The zero-order valence-electron chi connectivity index (χ0n) is 11.0. The Morgan fingerprint density at radius 2 is 1.89 bits per heavy atom. The first-order valence-electron chi connectivity index (χ1n) is 6.78. The van der Waals surface area contributed by atoms with Crippen LogP contribution in [0.3, 0.4) is 0 Å². The fraction of sp³-hybridized carbons (Fsp3) is 0.846. The van der Waals surface area contributed by atoms with Crippen LogP contribution < -0.4 is 5.32 Å². The number of carbonyl (C=O) groups excluding carboxylic acids is 2. The van der Waals surface area contributed by atoms with Gasteiger partial charge < -0.3 is 15.0 Å². The van der Waals surface area contributed by atoms with Crippen molar-refractivity contribution in [3.05, 3.63) is 0 Å². The van der Waals surface area contributed by atoms with E-state index in [9.17, 15) is 9.59 Å². The van der Waals surface area contributed by atoms with Crippen LogP contribution in [-0.2, 0) is 14.3 Å². The van der Waals surface area contributed by atoms with Gasteiger partial charge in [-0.25, -0.2) is 0 Å². The molecule has 0 atom stereocenters. The topological polar surface area (TPSA) is 58.6 Å². The fourth-order valence-corrected chi connectivity index (χ4v) is 2.29. The predicted octanol–water partition coefficient (Wildman–Crippen LogP) is 0.540. The van der Waals surface area contributed by atoms with Gasteiger partial charge in [0.05, 0.1) is 13.0 Å². The molecule has 0 spiro atoms. The van der Waals surface area contributed by atoms with Gasteiger partial charge in [-0.3, -0.25) is 9.59 Å². The number of nitrogens with one attached hydrogen (secondary N) is 1. The van der Waals surface area contributed by atoms with E-state index in [1.807, 2.05) is 4.90 Å². The van der Waals surface area contributed by atoms with Crippen molar-refractivity contribution in [3.8, 4) is 0 Å². The van der Waals surface area contributed by atoms with Crippen LogP contribution in [0.1, 0.15) is 32.1 Å². The van der Waals surface area contributed by atoms with Crippen molar-refractivity contribution in [3.63, 3.8) is 0 Å². The molecule has 5 heteroatoms. The Kier molecular flexibility index (Phi) is 4.58. The third kappa shape index (κ3) is 3.70. The number of hydrogen-bond donors (Lipinski definition) is 1. The maximum atomic E-state index is 11.8. The molecule has 0 aromatic heterocycles. The summed E-state index contributed by atoms with van der Waals surface area (Å²) in [5.74, 6) is 0.634. The molecule has 1 saturated carbocycles. The summed E-state index contributed by atoms with van der Waals surface area (Å²) in [5.41, 5.74) is 0. The average Bonchev–Trinajstić information content (AvgIpc) is 3.21. The average molecular weight is 254 g/mol. The number of rotatable bonds is 5. The van der Waals surface area contributed by atoms with Gasteiger partial charge in [0.15, 0.2) is 0 Å². The van der Waals surface area contributed by atoms with Crippen molar-refractivity contribution >= 4 is 11.8 Å². The van der Waals surface area contributed by atoms with E-state index >= 15 is 0 Å². The Morgan fingerprint density at radius 3 is 2.44 bits per heavy atom. The highest BCUT2D eigenvalue weighted by molar-refractivity contribution is 5.81. The quantitative estimate of drug-likeness (QED) is 0.779. The maximum absolute atomic E-state index is 11.8. The summed E-state index contributed by atoms with van der Waals surface area (Å²) in [4.78, 5) is 25.3. The summed E-state index contributed by atoms with van der Waals surface area (Å²) in [6.45, 7) is 1.98. The standard InChI is InChI=1S/C13H22N2O3/c1-18-9-6-12(16)15-7-4-11(5-8-15)14-13(17)10-2-3-10/h10-11H,2-9H2,1H3,(H,14,17). The van der Waals surface area contributed by atoms with Crippen LogP contribution >= 0.6 is 0 Å². The number of ether oxygens (including phenoxy) is 1. The minimum absolute atomic E-state index is 0.156. The molecule has 1 N–H and O–H groups in total. The van der Waals surface area contributed by atoms with Gasteiger partial charge >= 0.3 is 0 Å². The first-order chi connectivity index (χ1) is 8.70. The molecule has 1 saturated heterocycles. The van der Waals surface area contributed by atoms with E-state index in [1.54, 1.807) is 7.11 Å². The first kappa shape index (κ1) is 13.3. The van der Waals surface area contributed by atoms with Crippen molar-refractivity contribution in [2.75, 3.05) is 26.8 Å². The van der Waals surface area contributed by atoms with E-state index in [2.05, 4.69) is 5.32 Å². The summed E-state index contributed by atoms with van der Waals surface area (Å²) in [6, 6.07) is 0.254. The molecule has 2 aliphatic rings. The molecule has 1 aliphatic carbocycles. The van der Waals surface area contributed by atoms with E-state index in [0.29, 0.717) is 13.0 Å². The number of amides is 2. The minimum Gasteiger partial charge on any atom is -0.384 e. The lowest BCUT2D eigenvalue weighted by Crippen LogP contribution is -2.47. The maximum Gasteiger partial charge on any atom is 0.224 e. The van der Waals surface area contributed by atoms with Crippen LogP contribution in [0.2, 0.25) is 0 Å². The molecule has 2 rings (SSSR count). The van der Waals surface area contributed by atoms with Gasteiger partial charge in [-0.15, -0.1) is 0 Å². The highest BCUT2D eigenvalue weighted by atomic mass is 16.5. The highest BCUT2D eigenvalue weighted by Gasteiger charge is 2.32. The van der Waals surface area contributed by atoms with Crippen molar-refractivity contribution < 1.29 is 14.3 Å². The first-order valence-corrected chi connectivity index (χ1v) is 6.78. The van der Waals surface area contributed by atoms with Crippen molar-refractivity contribution in [1.29, 1.82) is 0 Å². The zero-order valence-corrected chi connectivity index (χ0v) is 11.0. The number of carbonyl (C=O) groups is 2. The molecule has 2 fully saturated rings. The van der Waals surface area contributed by atoms with E-state index in [1.165, 1.54) is 0 Å². The lowest BCUT2D eigenvalue weighted by Gasteiger charge is -2.32. The Morgan fingerprint density at radius 1 is 1.22 bits per heavy atom. The van der Waals surface area contributed by atoms with Crippen LogP contribution in [-0.4, -0.2) is 49.6 Å². The van der Waals surface area contributed by atoms with Crippen LogP contribution in [0.15, 0.2) is 0 Å². The third-order valence-corrected chi connectivity index (χ3v) is 3.66. The summed E-state index contributed by atoms with van der Waals surface area (Å²) >= 11 is 0. The van der Waals surface area contributed by atoms with E-state index in [4.69, 9.17) is 4.74 Å². The van der Waals surface area contributed by atoms with Crippen molar-refractivity contribution in [1.82, 2.24) is 10.2 Å². The number of likely N-dealkylation sites (tertiary alicyclic amines) is 1. The Hall–Kier alpha value is -1.10. The number of piperidine rings is 1. The molecule has 0 aromatic rings. The van der Waals surface area contributed by atoms with Crippen molar-refractivity contribution in [2.24, 2.45) is 5.92 Å². The van der Waals surface area contributed by atoms with Gasteiger partial charge in [-0.05, 0) is 25.7 Å². The largest absolute Gasteiger partial charge is 0.384 e. The minimum atomic E-state index is 0.156. The van der Waals surface area contributed by atoms with Crippen LogP contribution in [0.4, 0.5) is 0 Å². The molecule has 0 unspecified atom stereocenters. The van der Waals surface area contributed by atoms with E-state index in [0.717, 1.165) is 38.8 Å². The van der Waals surface area contributed by atoms with Gasteiger partial charge in [0.2, 0.25) is 11.8 Å². The lowest BCUT2D eigenvalue weighted by molar-refractivity contribution is -0.133. The molecule has 1 heterocycles. The number of hydrogen-bond acceptors (Lipinski definition) is 3. The molecule has 102 valence electrons. The van der Waals surface area contributed by atoms with Gasteiger partial charge in [-0.2, -0.15) is 0 Å². The Labute approximate surface area is 108 Å². The SMILES string of the molecule is COCCC(=O)N1CCC(NC(=O)C2CC2)CC1. The van der Waals surface area contributed by atoms with Crippen LogP contribution in [0.5, 0.6) is 0 Å². The second kappa shape index (κ2) is 6.18. The summed E-state index contributed by atoms with van der Waals surface area (Å²) in [7, 11) is 1.60. The second-order valence-electron chi connectivity index (χ2n) is 5.18. The molecule has 0 aromatic carbocycles. The van der Waals surface area contributed by atoms with E-state index in [-0.39, 0.29) is 23.8 Å². The molecule has 18 heavy (non-hydrogen) atoms. The van der Waals surface area contributed by atoms with Gasteiger partial charge in [0.1, 0.15) is 0 Å². The predicted molar refractivity (Wildman–Crippen MR) is 67.0 cm³/mol.